The fourth-order valence-electron chi connectivity index (χ4n) is 4.87. The van der Waals surface area contributed by atoms with Crippen molar-refractivity contribution in [2.24, 2.45) is 0 Å². The molecule has 0 radical (unpaired) electrons. The Morgan fingerprint density at radius 2 is 1.91 bits per heavy atom. The second kappa shape index (κ2) is 10.4. The molecule has 0 aromatic heterocycles. The number of alkyl halides is 1. The van der Waals surface area contributed by atoms with Crippen LogP contribution in [0.25, 0.3) is 0 Å². The minimum atomic E-state index is -1.29. The van der Waals surface area contributed by atoms with Crippen molar-refractivity contribution in [2.75, 3.05) is 6.54 Å². The summed E-state index contributed by atoms with van der Waals surface area (Å²) in [4.78, 5) is 27.6. The smallest absolute Gasteiger partial charge is 0.243 e. The first-order valence-corrected chi connectivity index (χ1v) is 11.8. The number of aryl methyl sites for hydroxylation is 1. The molecule has 1 saturated heterocycles. The molecule has 2 amide bonds. The number of amides is 2. The summed E-state index contributed by atoms with van der Waals surface area (Å²) in [5, 5.41) is 2.97. The Hall–Kier alpha value is -3.46. The van der Waals surface area contributed by atoms with Gasteiger partial charge in [-0.25, -0.2) is 8.78 Å². The number of carbonyl (C=O) groups excluding carboxylic acids is 2. The Morgan fingerprint density at radius 1 is 1.17 bits per heavy atom. The maximum Gasteiger partial charge on any atom is 0.243 e. The molecule has 1 fully saturated rings. The van der Waals surface area contributed by atoms with Gasteiger partial charge in [-0.15, -0.1) is 0 Å². The highest BCUT2D eigenvalue weighted by atomic mass is 19.1. The number of nitrogens with zero attached hydrogens (tertiary/aromatic N) is 1. The Morgan fingerprint density at radius 3 is 2.54 bits per heavy atom. The van der Waals surface area contributed by atoms with Crippen molar-refractivity contribution in [2.45, 2.75) is 57.8 Å². The molecule has 35 heavy (non-hydrogen) atoms. The fraction of sp³-hybridized carbons (Fsp3) is 0.385. The van der Waals surface area contributed by atoms with Crippen molar-refractivity contribution in [1.29, 1.82) is 0 Å². The van der Waals surface area contributed by atoms with Gasteiger partial charge in [-0.2, -0.15) is 5.53 Å². The highest BCUT2D eigenvalue weighted by Gasteiger charge is 2.40. The second-order valence-corrected chi connectivity index (χ2v) is 9.38. The number of hydrogen-bond donors (Lipinski definition) is 4. The molecule has 0 spiro atoms. The normalized spacial score (nSPS) is 20.3. The number of benzene rings is 2. The first-order chi connectivity index (χ1) is 16.7. The molecule has 4 rings (SSSR count). The number of hydrogen-bond acceptors (Lipinski definition) is 5. The summed E-state index contributed by atoms with van der Waals surface area (Å²) in [6, 6.07) is 11.0. The van der Waals surface area contributed by atoms with Gasteiger partial charge in [-0.3, -0.25) is 9.59 Å². The average Bonchev–Trinajstić information content (AvgIpc) is 3.46. The zero-order valence-corrected chi connectivity index (χ0v) is 20.1. The van der Waals surface area contributed by atoms with E-state index in [-0.39, 0.29) is 37.0 Å². The number of carbonyl (C=O) groups is 2. The van der Waals surface area contributed by atoms with Crippen LogP contribution in [0, 0.1) is 12.7 Å². The van der Waals surface area contributed by atoms with Crippen LogP contribution in [0.15, 0.2) is 54.4 Å². The van der Waals surface area contributed by atoms with Crippen LogP contribution >= 0.6 is 0 Å². The largest absolute Gasteiger partial charge is 0.343 e. The first-order valence-electron chi connectivity index (χ1n) is 11.8. The zero-order chi connectivity index (χ0) is 25.1. The van der Waals surface area contributed by atoms with Crippen LogP contribution in [0.1, 0.15) is 60.9 Å². The third-order valence-electron chi connectivity index (χ3n) is 6.45. The van der Waals surface area contributed by atoms with E-state index in [1.54, 1.807) is 6.20 Å². The number of rotatable bonds is 7. The monoisotopic (exact) mass is 483 g/mol. The van der Waals surface area contributed by atoms with E-state index in [9.17, 15) is 14.0 Å². The van der Waals surface area contributed by atoms with Gasteiger partial charge in [0.05, 0.1) is 24.7 Å². The highest BCUT2D eigenvalue weighted by molar-refractivity contribution is 5.89. The summed E-state index contributed by atoms with van der Waals surface area (Å²) in [5.41, 5.74) is 11.5. The van der Waals surface area contributed by atoms with Gasteiger partial charge < -0.3 is 21.1 Å². The topological polar surface area (TPSA) is 85.5 Å². The summed E-state index contributed by atoms with van der Waals surface area (Å²) in [7, 11) is 0. The van der Waals surface area contributed by atoms with E-state index in [1.807, 2.05) is 57.2 Å². The minimum absolute atomic E-state index is 0.000313. The van der Waals surface area contributed by atoms with E-state index in [4.69, 9.17) is 0 Å². The highest BCUT2D eigenvalue weighted by Crippen LogP contribution is 2.30. The van der Waals surface area contributed by atoms with Crippen LogP contribution in [0.2, 0.25) is 0 Å². The molecule has 186 valence electrons. The second-order valence-electron chi connectivity index (χ2n) is 9.38. The number of likely N-dealkylation sites (tertiary alicyclic amines) is 1. The van der Waals surface area contributed by atoms with Crippen LogP contribution in [0.5, 0.6) is 0 Å². The van der Waals surface area contributed by atoms with Crippen molar-refractivity contribution in [3.05, 3.63) is 82.4 Å². The van der Waals surface area contributed by atoms with Crippen LogP contribution in [-0.4, -0.2) is 35.5 Å². The van der Waals surface area contributed by atoms with Crippen LogP contribution in [-0.2, 0) is 9.59 Å². The maximum absolute atomic E-state index is 15.1. The predicted molar refractivity (Wildman–Crippen MR) is 129 cm³/mol. The van der Waals surface area contributed by atoms with Crippen molar-refractivity contribution < 1.29 is 18.4 Å². The molecule has 7 nitrogen and oxygen atoms in total. The minimum Gasteiger partial charge on any atom is -0.343 e. The van der Waals surface area contributed by atoms with Gasteiger partial charge in [0.25, 0.3) is 0 Å². The predicted octanol–water partition coefficient (Wildman–Crippen LogP) is 3.25. The Bertz CT molecular complexity index is 1100. The summed E-state index contributed by atoms with van der Waals surface area (Å²) in [5.74, 6) is -1.13. The molecule has 9 heteroatoms. The molecular formula is C26H31F2N5O2. The summed E-state index contributed by atoms with van der Waals surface area (Å²) >= 11 is 0. The lowest BCUT2D eigenvalue weighted by Crippen LogP contribution is -2.47. The van der Waals surface area contributed by atoms with Crippen LogP contribution in [0.3, 0.4) is 0 Å². The molecule has 4 N–H and O–H groups in total. The molecule has 0 saturated carbocycles. The summed E-state index contributed by atoms with van der Waals surface area (Å²) in [6.45, 7) is 5.58. The molecule has 2 aliphatic rings. The first kappa shape index (κ1) is 24.7. The number of nitrogens with one attached hydrogen (secondary N) is 4. The SMILES string of the molecule is Cc1cc(C(NC(=O)[C@@H]2C[C@@H](F)CN2C(=O)CC2=CNNN2)c2ccccc2)cc(F)c1C(C)C. The molecule has 2 aliphatic heterocycles. The van der Waals surface area contributed by atoms with E-state index in [2.05, 4.69) is 21.7 Å². The Balaban J connectivity index is 1.61. The zero-order valence-electron chi connectivity index (χ0n) is 20.1. The van der Waals surface area contributed by atoms with Crippen molar-refractivity contribution >= 4 is 11.8 Å². The molecule has 0 bridgehead atoms. The molecule has 2 heterocycles. The van der Waals surface area contributed by atoms with E-state index >= 15 is 4.39 Å². The quantitative estimate of drug-likeness (QED) is 0.486. The van der Waals surface area contributed by atoms with Gasteiger partial charge in [-0.1, -0.05) is 50.2 Å². The lowest BCUT2D eigenvalue weighted by molar-refractivity contribution is -0.138. The van der Waals surface area contributed by atoms with Gasteiger partial charge in [0.2, 0.25) is 11.8 Å². The third-order valence-corrected chi connectivity index (χ3v) is 6.45. The van der Waals surface area contributed by atoms with Gasteiger partial charge in [0, 0.05) is 12.6 Å². The van der Waals surface area contributed by atoms with Crippen molar-refractivity contribution in [3.8, 4) is 0 Å². The van der Waals surface area contributed by atoms with Gasteiger partial charge in [0.1, 0.15) is 18.0 Å². The molecular weight excluding hydrogens is 452 g/mol. The van der Waals surface area contributed by atoms with Crippen molar-refractivity contribution in [3.63, 3.8) is 0 Å². The summed E-state index contributed by atoms with van der Waals surface area (Å²) < 4.78 is 29.4. The van der Waals surface area contributed by atoms with Crippen LogP contribution < -0.4 is 21.7 Å². The maximum atomic E-state index is 15.1. The van der Waals surface area contributed by atoms with Gasteiger partial charge in [-0.05, 0) is 41.2 Å². The number of hydrazine groups is 2. The molecule has 2 aromatic rings. The van der Waals surface area contributed by atoms with E-state index < -0.39 is 24.2 Å². The van der Waals surface area contributed by atoms with Crippen LogP contribution in [0.4, 0.5) is 8.78 Å². The lowest BCUT2D eigenvalue weighted by atomic mass is 9.91. The molecule has 1 unspecified atom stereocenters. The molecule has 0 aliphatic carbocycles. The fourth-order valence-corrected chi connectivity index (χ4v) is 4.87. The molecule has 2 aromatic carbocycles. The van der Waals surface area contributed by atoms with Gasteiger partial charge >= 0.3 is 0 Å². The van der Waals surface area contributed by atoms with E-state index in [1.165, 1.54) is 11.0 Å². The van der Waals surface area contributed by atoms with Gasteiger partial charge in [0.15, 0.2) is 0 Å². The number of halogens is 2. The summed E-state index contributed by atoms with van der Waals surface area (Å²) in [6.07, 6.45) is 0.220. The Kier molecular flexibility index (Phi) is 7.35. The van der Waals surface area contributed by atoms with Crippen molar-refractivity contribution in [1.82, 2.24) is 26.6 Å². The molecule has 3 atom stereocenters. The average molecular weight is 484 g/mol. The third kappa shape index (κ3) is 5.45. The Labute approximate surface area is 203 Å². The lowest BCUT2D eigenvalue weighted by Gasteiger charge is -2.27. The standard InChI is InChI=1S/C26H31F2N5O2/c1-15(2)24-16(3)9-18(10-21(24)28)25(17-7-5-4-6-8-17)30-26(35)22-11-19(27)14-33(22)23(34)12-20-13-29-32-31-20/h4-10,13,15,19,22,25,29,31-32H,11-12,14H2,1-3H3,(H,30,35)/t19-,22+,25?/m1/s1. The van der Waals surface area contributed by atoms with E-state index in [0.717, 1.165) is 11.1 Å². The van der Waals surface area contributed by atoms with E-state index in [0.29, 0.717) is 16.8 Å².